The van der Waals surface area contributed by atoms with Gasteiger partial charge in [-0.3, -0.25) is 4.79 Å². The van der Waals surface area contributed by atoms with Crippen LogP contribution < -0.4 is 16.7 Å². The van der Waals surface area contributed by atoms with Crippen molar-refractivity contribution in [2.24, 2.45) is 5.73 Å². The number of fused-ring (bicyclic) bond motifs is 1. The van der Waals surface area contributed by atoms with Gasteiger partial charge in [0, 0.05) is 13.1 Å². The minimum absolute atomic E-state index is 0.0716. The predicted molar refractivity (Wildman–Crippen MR) is 69.4 cm³/mol. The average Bonchev–Trinajstić information content (AvgIpc) is 2.73. The highest BCUT2D eigenvalue weighted by Gasteiger charge is 2.15. The van der Waals surface area contributed by atoms with E-state index < -0.39 is 0 Å². The normalized spacial score (nSPS) is 12.6. The molecule has 0 fully saturated rings. The monoisotopic (exact) mass is 248 g/mol. The van der Waals surface area contributed by atoms with Crippen LogP contribution in [0.3, 0.4) is 0 Å². The summed E-state index contributed by atoms with van der Waals surface area (Å²) >= 11 is 0. The molecule has 1 aromatic heterocycles. The Bertz CT molecular complexity index is 614. The fourth-order valence-electron chi connectivity index (χ4n) is 1.82. The molecule has 0 bridgehead atoms. The number of amides is 1. The first-order chi connectivity index (χ1) is 8.61. The average molecular weight is 248 g/mol. The molecule has 2 aromatic rings. The number of hydrogen-bond acceptors (Lipinski definition) is 3. The molecule has 0 radical (unpaired) electrons. The zero-order chi connectivity index (χ0) is 13.1. The van der Waals surface area contributed by atoms with E-state index in [1.807, 2.05) is 13.0 Å². The van der Waals surface area contributed by atoms with Crippen molar-refractivity contribution in [3.63, 3.8) is 0 Å². The van der Waals surface area contributed by atoms with Crippen LogP contribution in [0.25, 0.3) is 11.0 Å². The molecule has 0 saturated heterocycles. The highest BCUT2D eigenvalue weighted by molar-refractivity contribution is 5.85. The molecule has 0 aliphatic heterocycles. The zero-order valence-corrected chi connectivity index (χ0v) is 10.1. The summed E-state index contributed by atoms with van der Waals surface area (Å²) in [6.07, 6.45) is 0. The summed E-state index contributed by atoms with van der Waals surface area (Å²) in [5.74, 6) is -0.350. The third-order valence-electron chi connectivity index (χ3n) is 2.88. The number of benzene rings is 1. The third kappa shape index (κ3) is 2.43. The van der Waals surface area contributed by atoms with E-state index in [0.29, 0.717) is 18.6 Å². The van der Waals surface area contributed by atoms with Gasteiger partial charge in [-0.15, -0.1) is 0 Å². The Morgan fingerprint density at radius 1 is 1.39 bits per heavy atom. The van der Waals surface area contributed by atoms with Crippen LogP contribution in [-0.4, -0.2) is 29.0 Å². The maximum Gasteiger partial charge on any atom is 0.323 e. The zero-order valence-electron chi connectivity index (χ0n) is 10.1. The Hall–Kier alpha value is -2.08. The van der Waals surface area contributed by atoms with Crippen LogP contribution in [0.5, 0.6) is 0 Å². The van der Waals surface area contributed by atoms with Gasteiger partial charge in [0.2, 0.25) is 5.91 Å². The minimum Gasteiger partial charge on any atom is -0.354 e. The van der Waals surface area contributed by atoms with Crippen LogP contribution >= 0.6 is 0 Å². The lowest BCUT2D eigenvalue weighted by molar-refractivity contribution is -0.122. The molecule has 2 rings (SSSR count). The molecule has 1 heterocycles. The first kappa shape index (κ1) is 12.4. The van der Waals surface area contributed by atoms with Gasteiger partial charge in [0.15, 0.2) is 0 Å². The Morgan fingerprint density at radius 3 is 2.83 bits per heavy atom. The molecule has 96 valence electrons. The number of carbonyl (C=O) groups is 1. The Labute approximate surface area is 104 Å². The van der Waals surface area contributed by atoms with Crippen molar-refractivity contribution >= 4 is 16.9 Å². The Kier molecular flexibility index (Phi) is 3.47. The summed E-state index contributed by atoms with van der Waals surface area (Å²) in [6.45, 7) is 2.70. The van der Waals surface area contributed by atoms with Gasteiger partial charge in [0.05, 0.1) is 17.0 Å². The number of hydrogen-bond donors (Lipinski definition) is 4. The summed E-state index contributed by atoms with van der Waals surface area (Å²) in [5, 5.41) is 2.74. The summed E-state index contributed by atoms with van der Waals surface area (Å²) in [6, 6.07) is 5.42. The number of nitrogens with two attached hydrogens (primary N) is 1. The van der Waals surface area contributed by atoms with Crippen molar-refractivity contribution in [3.8, 4) is 0 Å². The quantitative estimate of drug-likeness (QED) is 0.613. The summed E-state index contributed by atoms with van der Waals surface area (Å²) < 4.78 is 0. The molecule has 1 unspecified atom stereocenters. The van der Waals surface area contributed by atoms with Gasteiger partial charge in [0.25, 0.3) is 0 Å². The van der Waals surface area contributed by atoms with Gasteiger partial charge < -0.3 is 21.0 Å². The van der Waals surface area contributed by atoms with E-state index in [1.54, 1.807) is 12.1 Å². The molecular formula is C12H16N4O2. The maximum absolute atomic E-state index is 11.8. The first-order valence-corrected chi connectivity index (χ1v) is 5.81. The lowest BCUT2D eigenvalue weighted by Gasteiger charge is -2.11. The fraction of sp³-hybridized carbons (Fsp3) is 0.333. The summed E-state index contributed by atoms with van der Waals surface area (Å²) in [7, 11) is 0. The topological polar surface area (TPSA) is 104 Å². The molecule has 0 aliphatic rings. The van der Waals surface area contributed by atoms with E-state index in [1.165, 1.54) is 0 Å². The van der Waals surface area contributed by atoms with E-state index in [9.17, 15) is 9.59 Å². The maximum atomic E-state index is 11.8. The van der Waals surface area contributed by atoms with Crippen LogP contribution in [0.1, 0.15) is 18.4 Å². The van der Waals surface area contributed by atoms with Gasteiger partial charge in [-0.05, 0) is 24.6 Å². The molecule has 5 N–H and O–H groups in total. The van der Waals surface area contributed by atoms with Crippen LogP contribution in [0.2, 0.25) is 0 Å². The molecule has 1 atom stereocenters. The van der Waals surface area contributed by atoms with Crippen molar-refractivity contribution in [2.75, 3.05) is 13.1 Å². The van der Waals surface area contributed by atoms with Crippen LogP contribution in [-0.2, 0) is 4.79 Å². The minimum atomic E-state index is -0.278. The van der Waals surface area contributed by atoms with Crippen molar-refractivity contribution < 1.29 is 4.79 Å². The van der Waals surface area contributed by atoms with E-state index in [0.717, 1.165) is 11.1 Å². The number of aromatic nitrogens is 2. The summed E-state index contributed by atoms with van der Waals surface area (Å²) in [4.78, 5) is 28.3. The largest absolute Gasteiger partial charge is 0.354 e. The standard InChI is InChI=1S/C12H16N4O2/c1-7(11(17)14-5-4-13)8-2-3-9-10(6-8)16-12(18)15-9/h2-3,6-7H,4-5,13H2,1H3,(H,14,17)(H2,15,16,18). The van der Waals surface area contributed by atoms with Crippen molar-refractivity contribution in [1.82, 2.24) is 15.3 Å². The van der Waals surface area contributed by atoms with Gasteiger partial charge in [-0.1, -0.05) is 6.07 Å². The SMILES string of the molecule is CC(C(=O)NCCN)c1ccc2[nH]c(=O)[nH]c2c1. The van der Waals surface area contributed by atoms with Gasteiger partial charge in [0.1, 0.15) is 0 Å². The number of nitrogens with one attached hydrogen (secondary N) is 3. The molecule has 1 aromatic carbocycles. The molecule has 0 saturated carbocycles. The lowest BCUT2D eigenvalue weighted by Crippen LogP contribution is -2.32. The number of aromatic amines is 2. The molecule has 6 heteroatoms. The third-order valence-corrected chi connectivity index (χ3v) is 2.88. The molecule has 0 spiro atoms. The molecule has 1 amide bonds. The Balaban J connectivity index is 2.24. The molecule has 0 aliphatic carbocycles. The highest BCUT2D eigenvalue weighted by Crippen LogP contribution is 2.18. The van der Waals surface area contributed by atoms with E-state index in [2.05, 4.69) is 15.3 Å². The number of H-pyrrole nitrogens is 2. The lowest BCUT2D eigenvalue weighted by atomic mass is 10.00. The number of rotatable bonds is 4. The van der Waals surface area contributed by atoms with Crippen LogP contribution in [0.4, 0.5) is 0 Å². The van der Waals surface area contributed by atoms with Gasteiger partial charge in [-0.2, -0.15) is 0 Å². The Morgan fingerprint density at radius 2 is 2.11 bits per heavy atom. The molecule has 18 heavy (non-hydrogen) atoms. The first-order valence-electron chi connectivity index (χ1n) is 5.81. The second kappa shape index (κ2) is 5.05. The fourth-order valence-corrected chi connectivity index (χ4v) is 1.82. The van der Waals surface area contributed by atoms with Crippen molar-refractivity contribution in [1.29, 1.82) is 0 Å². The number of imidazole rings is 1. The molecule has 6 nitrogen and oxygen atoms in total. The van der Waals surface area contributed by atoms with Crippen molar-refractivity contribution in [3.05, 3.63) is 34.2 Å². The second-order valence-corrected chi connectivity index (χ2v) is 4.19. The van der Waals surface area contributed by atoms with Crippen molar-refractivity contribution in [2.45, 2.75) is 12.8 Å². The van der Waals surface area contributed by atoms with E-state index >= 15 is 0 Å². The van der Waals surface area contributed by atoms with Gasteiger partial charge in [-0.25, -0.2) is 4.79 Å². The highest BCUT2D eigenvalue weighted by atomic mass is 16.2. The molecular weight excluding hydrogens is 232 g/mol. The smallest absolute Gasteiger partial charge is 0.323 e. The predicted octanol–water partition coefficient (Wildman–Crippen LogP) is 0.0346. The summed E-state index contributed by atoms with van der Waals surface area (Å²) in [5.41, 5.74) is 7.38. The second-order valence-electron chi connectivity index (χ2n) is 4.19. The van der Waals surface area contributed by atoms with Crippen LogP contribution in [0.15, 0.2) is 23.0 Å². The van der Waals surface area contributed by atoms with Crippen LogP contribution in [0, 0.1) is 0 Å². The van der Waals surface area contributed by atoms with E-state index in [4.69, 9.17) is 5.73 Å². The van der Waals surface area contributed by atoms with E-state index in [-0.39, 0.29) is 17.5 Å². The van der Waals surface area contributed by atoms with Gasteiger partial charge >= 0.3 is 5.69 Å². The number of carbonyl (C=O) groups excluding carboxylic acids is 1.